The molecular weight excluding hydrogens is 384 g/mol. The van der Waals surface area contributed by atoms with Crippen LogP contribution in [0.2, 0.25) is 5.02 Å². The lowest BCUT2D eigenvalue weighted by atomic mass is 10.0. The Morgan fingerprint density at radius 2 is 1.83 bits per heavy atom. The maximum Gasteiger partial charge on any atom is 0.227 e. The first-order chi connectivity index (χ1) is 14.2. The second kappa shape index (κ2) is 7.08. The molecule has 5 rings (SSSR count). The lowest BCUT2D eigenvalue weighted by Crippen LogP contribution is -1.86. The minimum absolute atomic E-state index is 0.194. The van der Waals surface area contributed by atoms with Gasteiger partial charge in [0, 0.05) is 22.4 Å². The molecule has 1 N–H and O–H groups in total. The van der Waals surface area contributed by atoms with Crippen molar-refractivity contribution in [2.24, 2.45) is 4.99 Å². The number of oxazole rings is 1. The van der Waals surface area contributed by atoms with Crippen molar-refractivity contribution in [2.75, 3.05) is 0 Å². The Balaban J connectivity index is 1.53. The third-order valence-electron chi connectivity index (χ3n) is 4.73. The lowest BCUT2D eigenvalue weighted by molar-refractivity contribution is 0.475. The van der Waals surface area contributed by atoms with Crippen molar-refractivity contribution in [1.29, 1.82) is 0 Å². The van der Waals surface area contributed by atoms with Crippen LogP contribution in [0.25, 0.3) is 33.3 Å². The number of fused-ring (bicyclic) bond motifs is 2. The molecule has 140 valence electrons. The van der Waals surface area contributed by atoms with Gasteiger partial charge in [-0.3, -0.25) is 4.99 Å². The molecule has 0 radical (unpaired) electrons. The molecule has 0 spiro atoms. The highest BCUT2D eigenvalue weighted by molar-refractivity contribution is 6.31. The van der Waals surface area contributed by atoms with E-state index >= 15 is 0 Å². The van der Waals surface area contributed by atoms with E-state index in [0.29, 0.717) is 27.6 Å². The van der Waals surface area contributed by atoms with Crippen molar-refractivity contribution in [1.82, 2.24) is 4.98 Å². The third-order valence-corrected chi connectivity index (χ3v) is 4.97. The number of aliphatic imine (C=N–C) groups is 1. The van der Waals surface area contributed by atoms with Crippen LogP contribution in [0.1, 0.15) is 5.56 Å². The van der Waals surface area contributed by atoms with E-state index in [4.69, 9.17) is 16.0 Å². The molecule has 0 unspecified atom stereocenters. The molecule has 0 fully saturated rings. The minimum atomic E-state index is 0.194. The fourth-order valence-electron chi connectivity index (χ4n) is 3.30. The number of hydrogen-bond donors (Lipinski definition) is 1. The molecule has 5 aromatic rings. The largest absolute Gasteiger partial charge is 0.507 e. The van der Waals surface area contributed by atoms with E-state index < -0.39 is 0 Å². The Kier molecular flexibility index (Phi) is 4.26. The molecule has 29 heavy (non-hydrogen) atoms. The van der Waals surface area contributed by atoms with Gasteiger partial charge in [-0.2, -0.15) is 0 Å². The zero-order valence-electron chi connectivity index (χ0n) is 15.2. The van der Waals surface area contributed by atoms with E-state index in [1.807, 2.05) is 54.6 Å². The van der Waals surface area contributed by atoms with Crippen LogP contribution in [0.5, 0.6) is 5.75 Å². The number of halogens is 1. The predicted octanol–water partition coefficient (Wildman–Crippen LogP) is 6.76. The van der Waals surface area contributed by atoms with E-state index in [1.165, 1.54) is 0 Å². The van der Waals surface area contributed by atoms with Crippen molar-refractivity contribution in [3.63, 3.8) is 0 Å². The normalized spacial score (nSPS) is 11.6. The van der Waals surface area contributed by atoms with E-state index in [-0.39, 0.29) is 5.75 Å². The van der Waals surface area contributed by atoms with E-state index in [2.05, 4.69) is 9.98 Å². The molecule has 0 bridgehead atoms. The number of phenols is 1. The van der Waals surface area contributed by atoms with Crippen molar-refractivity contribution in [3.05, 3.63) is 89.4 Å². The minimum Gasteiger partial charge on any atom is -0.507 e. The van der Waals surface area contributed by atoms with Gasteiger partial charge >= 0.3 is 0 Å². The van der Waals surface area contributed by atoms with Gasteiger partial charge in [-0.25, -0.2) is 4.98 Å². The molecule has 0 saturated heterocycles. The van der Waals surface area contributed by atoms with Gasteiger partial charge in [0.2, 0.25) is 5.89 Å². The van der Waals surface area contributed by atoms with Crippen molar-refractivity contribution in [3.8, 4) is 17.2 Å². The van der Waals surface area contributed by atoms with Crippen LogP contribution in [0.15, 0.2) is 88.3 Å². The lowest BCUT2D eigenvalue weighted by Gasteiger charge is -2.04. The number of nitrogens with zero attached hydrogens (tertiary/aromatic N) is 2. The van der Waals surface area contributed by atoms with Gasteiger partial charge in [-0.05, 0) is 53.2 Å². The first kappa shape index (κ1) is 17.5. The summed E-state index contributed by atoms with van der Waals surface area (Å²) in [5.41, 5.74) is 3.62. The Morgan fingerprint density at radius 1 is 0.931 bits per heavy atom. The highest BCUT2D eigenvalue weighted by Gasteiger charge is 2.09. The SMILES string of the molecule is Oc1ccc2ccccc2c1C=Nc1cccc(-c2nc3cc(Cl)ccc3o2)c1. The standard InChI is InChI=1S/C24H15ClN2O2/c25-17-9-11-23-21(13-17)27-24(29-23)16-5-3-6-18(12-16)26-14-20-19-7-2-1-4-15(19)8-10-22(20)28/h1-14,28H. The van der Waals surface area contributed by atoms with Crippen LogP contribution in [0.4, 0.5) is 5.69 Å². The van der Waals surface area contributed by atoms with Crippen molar-refractivity contribution < 1.29 is 9.52 Å². The van der Waals surface area contributed by atoms with Crippen LogP contribution in [-0.4, -0.2) is 16.3 Å². The molecule has 0 atom stereocenters. The van der Waals surface area contributed by atoms with Gasteiger partial charge < -0.3 is 9.52 Å². The Hall–Kier alpha value is -3.63. The van der Waals surface area contributed by atoms with E-state index in [0.717, 1.165) is 22.0 Å². The monoisotopic (exact) mass is 398 g/mol. The molecule has 5 heteroatoms. The number of benzene rings is 4. The molecule has 0 amide bonds. The van der Waals surface area contributed by atoms with Gasteiger partial charge in [0.1, 0.15) is 11.3 Å². The summed E-state index contributed by atoms with van der Waals surface area (Å²) in [5.74, 6) is 0.701. The number of hydrogen-bond acceptors (Lipinski definition) is 4. The zero-order valence-corrected chi connectivity index (χ0v) is 16.0. The van der Waals surface area contributed by atoms with Crippen LogP contribution in [-0.2, 0) is 0 Å². The summed E-state index contributed by atoms with van der Waals surface area (Å²) in [5, 5.41) is 12.9. The summed E-state index contributed by atoms with van der Waals surface area (Å²) in [6, 6.07) is 24.4. The zero-order chi connectivity index (χ0) is 19.8. The first-order valence-corrected chi connectivity index (χ1v) is 9.46. The number of aromatic nitrogens is 1. The Morgan fingerprint density at radius 3 is 2.76 bits per heavy atom. The first-order valence-electron chi connectivity index (χ1n) is 9.09. The molecule has 0 aliphatic heterocycles. The van der Waals surface area contributed by atoms with Gasteiger partial charge in [-0.15, -0.1) is 0 Å². The van der Waals surface area contributed by atoms with Gasteiger partial charge in [0.25, 0.3) is 0 Å². The maximum atomic E-state index is 10.3. The fraction of sp³-hybridized carbons (Fsp3) is 0. The second-order valence-corrected chi connectivity index (χ2v) is 7.10. The topological polar surface area (TPSA) is 58.6 Å². The number of rotatable bonds is 3. The van der Waals surface area contributed by atoms with Crippen molar-refractivity contribution in [2.45, 2.75) is 0 Å². The molecule has 1 aromatic heterocycles. The summed E-state index contributed by atoms with van der Waals surface area (Å²) in [6.45, 7) is 0. The van der Waals surface area contributed by atoms with Gasteiger partial charge in [0.15, 0.2) is 5.58 Å². The van der Waals surface area contributed by atoms with Crippen LogP contribution >= 0.6 is 11.6 Å². The van der Waals surface area contributed by atoms with Crippen LogP contribution in [0, 0.1) is 0 Å². The van der Waals surface area contributed by atoms with Crippen LogP contribution < -0.4 is 0 Å². The summed E-state index contributed by atoms with van der Waals surface area (Å²) in [6.07, 6.45) is 1.68. The molecule has 0 aliphatic carbocycles. The van der Waals surface area contributed by atoms with E-state index in [9.17, 15) is 5.11 Å². The predicted molar refractivity (Wildman–Crippen MR) is 117 cm³/mol. The molecule has 0 saturated carbocycles. The molecule has 4 nitrogen and oxygen atoms in total. The summed E-state index contributed by atoms with van der Waals surface area (Å²) in [4.78, 5) is 9.08. The number of aromatic hydroxyl groups is 1. The quantitative estimate of drug-likeness (QED) is 0.341. The number of phenolic OH excluding ortho intramolecular Hbond substituents is 1. The molecule has 1 heterocycles. The van der Waals surface area contributed by atoms with E-state index in [1.54, 1.807) is 30.5 Å². The Labute approximate surface area is 171 Å². The highest BCUT2D eigenvalue weighted by atomic mass is 35.5. The molecular formula is C24H15ClN2O2. The molecule has 4 aromatic carbocycles. The third kappa shape index (κ3) is 3.35. The van der Waals surface area contributed by atoms with Gasteiger partial charge in [0.05, 0.1) is 5.69 Å². The summed E-state index contributed by atoms with van der Waals surface area (Å²) < 4.78 is 5.84. The van der Waals surface area contributed by atoms with Crippen LogP contribution in [0.3, 0.4) is 0 Å². The maximum absolute atomic E-state index is 10.3. The fourth-order valence-corrected chi connectivity index (χ4v) is 3.47. The summed E-state index contributed by atoms with van der Waals surface area (Å²) in [7, 11) is 0. The Bertz CT molecular complexity index is 1390. The second-order valence-electron chi connectivity index (χ2n) is 6.66. The summed E-state index contributed by atoms with van der Waals surface area (Å²) >= 11 is 6.03. The highest BCUT2D eigenvalue weighted by Crippen LogP contribution is 2.29. The van der Waals surface area contributed by atoms with Crippen molar-refractivity contribution >= 4 is 45.4 Å². The average molecular weight is 399 g/mol. The smallest absolute Gasteiger partial charge is 0.227 e. The van der Waals surface area contributed by atoms with Gasteiger partial charge in [-0.1, -0.05) is 48.0 Å². The molecule has 0 aliphatic rings. The average Bonchev–Trinajstić information content (AvgIpc) is 3.16.